The molecule has 2 heterocycles. The summed E-state index contributed by atoms with van der Waals surface area (Å²) < 4.78 is 5.35. The maximum Gasteiger partial charge on any atom is 0.233 e. The van der Waals surface area contributed by atoms with Crippen LogP contribution in [0.5, 0.6) is 0 Å². The fraction of sp³-hybridized carbons (Fsp3) is 0.579. The van der Waals surface area contributed by atoms with Gasteiger partial charge in [-0.1, -0.05) is 32.0 Å². The van der Waals surface area contributed by atoms with Gasteiger partial charge in [0.15, 0.2) is 11.3 Å². The van der Waals surface area contributed by atoms with E-state index in [-0.39, 0.29) is 11.4 Å². The molecule has 23 heavy (non-hydrogen) atoms. The first-order valence-corrected chi connectivity index (χ1v) is 8.75. The quantitative estimate of drug-likeness (QED) is 0.898. The van der Waals surface area contributed by atoms with E-state index in [1.165, 1.54) is 11.1 Å². The SMILES string of the molecule is CCC1(CC)Cc2ccccc2C(CC(=O)N2CCOCC2)=[NH+]1. The molecule has 0 saturated carbocycles. The van der Waals surface area contributed by atoms with Crippen LogP contribution in [0.1, 0.15) is 44.2 Å². The summed E-state index contributed by atoms with van der Waals surface area (Å²) in [4.78, 5) is 18.3. The molecule has 1 aromatic carbocycles. The molecule has 3 rings (SSSR count). The minimum Gasteiger partial charge on any atom is -0.378 e. The Labute approximate surface area is 138 Å². The molecule has 1 saturated heterocycles. The number of hydrogen-bond acceptors (Lipinski definition) is 2. The average molecular weight is 315 g/mol. The van der Waals surface area contributed by atoms with E-state index in [4.69, 9.17) is 4.74 Å². The molecule has 0 atom stereocenters. The Hall–Kier alpha value is -1.68. The van der Waals surface area contributed by atoms with Gasteiger partial charge in [-0.25, -0.2) is 4.99 Å². The normalized spacial score (nSPS) is 19.9. The molecule has 0 aromatic heterocycles. The van der Waals surface area contributed by atoms with Crippen LogP contribution in [0.15, 0.2) is 24.3 Å². The Balaban J connectivity index is 1.87. The molecule has 0 aliphatic carbocycles. The van der Waals surface area contributed by atoms with Gasteiger partial charge < -0.3 is 9.64 Å². The van der Waals surface area contributed by atoms with Crippen LogP contribution in [0, 0.1) is 0 Å². The number of ether oxygens (including phenoxy) is 1. The predicted molar refractivity (Wildman–Crippen MR) is 90.5 cm³/mol. The van der Waals surface area contributed by atoms with Gasteiger partial charge in [0.1, 0.15) is 6.42 Å². The molecule has 1 amide bonds. The number of carbonyl (C=O) groups excluding carboxylic acids is 1. The summed E-state index contributed by atoms with van der Waals surface area (Å²) in [7, 11) is 0. The fourth-order valence-electron chi connectivity index (χ4n) is 3.66. The lowest BCUT2D eigenvalue weighted by molar-refractivity contribution is -0.558. The zero-order valence-electron chi connectivity index (χ0n) is 14.2. The minimum absolute atomic E-state index is 0.0783. The Kier molecular flexibility index (Phi) is 4.81. The lowest BCUT2D eigenvalue weighted by Crippen LogP contribution is -2.89. The van der Waals surface area contributed by atoms with Crippen LogP contribution in [0.25, 0.3) is 0 Å². The van der Waals surface area contributed by atoms with Crippen molar-refractivity contribution in [2.45, 2.75) is 45.1 Å². The van der Waals surface area contributed by atoms with Gasteiger partial charge >= 0.3 is 0 Å². The second kappa shape index (κ2) is 6.83. The van der Waals surface area contributed by atoms with E-state index in [0.717, 1.165) is 25.0 Å². The van der Waals surface area contributed by atoms with Crippen molar-refractivity contribution >= 4 is 11.6 Å². The summed E-state index contributed by atoms with van der Waals surface area (Å²) in [5, 5.41) is 0. The van der Waals surface area contributed by atoms with E-state index < -0.39 is 0 Å². The van der Waals surface area contributed by atoms with Crippen LogP contribution < -0.4 is 4.99 Å². The highest BCUT2D eigenvalue weighted by Crippen LogP contribution is 2.23. The molecule has 2 aliphatic rings. The van der Waals surface area contributed by atoms with Crippen LogP contribution in [-0.4, -0.2) is 48.4 Å². The fourth-order valence-corrected chi connectivity index (χ4v) is 3.66. The first-order chi connectivity index (χ1) is 11.2. The summed E-state index contributed by atoms with van der Waals surface area (Å²) in [5.41, 5.74) is 3.74. The van der Waals surface area contributed by atoms with Crippen LogP contribution >= 0.6 is 0 Å². The first kappa shape index (κ1) is 16.2. The van der Waals surface area contributed by atoms with Crippen molar-refractivity contribution in [1.82, 2.24) is 4.90 Å². The van der Waals surface area contributed by atoms with E-state index in [1.54, 1.807) is 0 Å². The zero-order valence-corrected chi connectivity index (χ0v) is 14.2. The summed E-state index contributed by atoms with van der Waals surface area (Å²) in [6.45, 7) is 7.18. The molecule has 2 aliphatic heterocycles. The van der Waals surface area contributed by atoms with E-state index in [1.807, 2.05) is 4.90 Å². The van der Waals surface area contributed by atoms with E-state index >= 15 is 0 Å². The number of benzene rings is 1. The van der Waals surface area contributed by atoms with Crippen molar-refractivity contribution in [3.05, 3.63) is 35.4 Å². The van der Waals surface area contributed by atoms with Crippen molar-refractivity contribution in [1.29, 1.82) is 0 Å². The van der Waals surface area contributed by atoms with Crippen molar-refractivity contribution in [3.8, 4) is 0 Å². The largest absolute Gasteiger partial charge is 0.378 e. The third kappa shape index (κ3) is 3.32. The molecule has 124 valence electrons. The molecule has 1 aromatic rings. The van der Waals surface area contributed by atoms with E-state index in [0.29, 0.717) is 32.7 Å². The second-order valence-electron chi connectivity index (χ2n) is 6.59. The highest BCUT2D eigenvalue weighted by atomic mass is 16.5. The van der Waals surface area contributed by atoms with Crippen molar-refractivity contribution in [2.24, 2.45) is 0 Å². The molecule has 1 fully saturated rings. The van der Waals surface area contributed by atoms with Crippen LogP contribution in [0.2, 0.25) is 0 Å². The third-order valence-electron chi connectivity index (χ3n) is 5.33. The monoisotopic (exact) mass is 315 g/mol. The Bertz CT molecular complexity index is 599. The maximum atomic E-state index is 12.7. The first-order valence-electron chi connectivity index (χ1n) is 8.75. The molecule has 4 nitrogen and oxygen atoms in total. The number of amides is 1. The van der Waals surface area contributed by atoms with Gasteiger partial charge in [-0.2, -0.15) is 0 Å². The molecule has 0 bridgehead atoms. The van der Waals surface area contributed by atoms with Crippen LogP contribution in [0.4, 0.5) is 0 Å². The number of morpholine rings is 1. The highest BCUT2D eigenvalue weighted by Gasteiger charge is 2.39. The summed E-state index contributed by atoms with van der Waals surface area (Å²) in [6.07, 6.45) is 3.62. The van der Waals surface area contributed by atoms with Gasteiger partial charge in [-0.15, -0.1) is 0 Å². The molecule has 1 N–H and O–H groups in total. The van der Waals surface area contributed by atoms with Gasteiger partial charge in [0.25, 0.3) is 0 Å². The van der Waals surface area contributed by atoms with Gasteiger partial charge in [0, 0.05) is 37.9 Å². The van der Waals surface area contributed by atoms with Gasteiger partial charge in [0.05, 0.1) is 13.2 Å². The van der Waals surface area contributed by atoms with E-state index in [9.17, 15) is 4.79 Å². The summed E-state index contributed by atoms with van der Waals surface area (Å²) in [6, 6.07) is 8.50. The molecule has 4 heteroatoms. The molecular weight excluding hydrogens is 288 g/mol. The lowest BCUT2D eigenvalue weighted by atomic mass is 9.80. The number of fused-ring (bicyclic) bond motifs is 1. The lowest BCUT2D eigenvalue weighted by Gasteiger charge is -2.30. The number of nitrogens with one attached hydrogen (secondary N) is 1. The molecular formula is C19H27N2O2+. The smallest absolute Gasteiger partial charge is 0.233 e. The standard InChI is InChI=1S/C19H26N2O2/c1-3-19(4-2)14-15-7-5-6-8-16(15)17(20-19)13-18(22)21-9-11-23-12-10-21/h5-8H,3-4,9-14H2,1-2H3/p+1. The highest BCUT2D eigenvalue weighted by molar-refractivity contribution is 6.08. The Morgan fingerprint density at radius 2 is 1.91 bits per heavy atom. The Morgan fingerprint density at radius 3 is 2.61 bits per heavy atom. The topological polar surface area (TPSA) is 43.5 Å². The molecule has 0 unspecified atom stereocenters. The molecule has 0 spiro atoms. The summed E-state index contributed by atoms with van der Waals surface area (Å²) in [5.74, 6) is 0.202. The third-order valence-corrected chi connectivity index (χ3v) is 5.33. The van der Waals surface area contributed by atoms with Gasteiger partial charge in [0.2, 0.25) is 5.91 Å². The summed E-state index contributed by atoms with van der Waals surface area (Å²) >= 11 is 0. The van der Waals surface area contributed by atoms with Crippen molar-refractivity contribution in [2.75, 3.05) is 26.3 Å². The van der Waals surface area contributed by atoms with Crippen LogP contribution in [-0.2, 0) is 16.0 Å². The molecule has 0 radical (unpaired) electrons. The number of rotatable bonds is 4. The van der Waals surface area contributed by atoms with Gasteiger partial charge in [-0.05, 0) is 11.6 Å². The number of nitrogens with zero attached hydrogens (tertiary/aromatic N) is 1. The Morgan fingerprint density at radius 1 is 1.22 bits per heavy atom. The van der Waals surface area contributed by atoms with Gasteiger partial charge in [-0.3, -0.25) is 4.79 Å². The average Bonchev–Trinajstić information content (AvgIpc) is 2.62. The number of carbonyl (C=O) groups is 1. The van der Waals surface area contributed by atoms with Crippen molar-refractivity contribution < 1.29 is 14.5 Å². The zero-order chi connectivity index (χ0) is 16.3. The minimum atomic E-state index is 0.0783. The van der Waals surface area contributed by atoms with Crippen molar-refractivity contribution in [3.63, 3.8) is 0 Å². The van der Waals surface area contributed by atoms with E-state index in [2.05, 4.69) is 43.1 Å². The predicted octanol–water partition coefficient (Wildman–Crippen LogP) is 0.920. The maximum absolute atomic E-state index is 12.7. The second-order valence-corrected chi connectivity index (χ2v) is 6.59. The van der Waals surface area contributed by atoms with Crippen LogP contribution in [0.3, 0.4) is 0 Å². The number of hydrogen-bond donors (Lipinski definition) is 1.